The summed E-state index contributed by atoms with van der Waals surface area (Å²) in [7, 11) is -1.37. The van der Waals surface area contributed by atoms with Crippen LogP contribution in [0.25, 0.3) is 16.9 Å². The van der Waals surface area contributed by atoms with Crippen LogP contribution in [-0.4, -0.2) is 71.8 Å². The third kappa shape index (κ3) is 4.70. The minimum Gasteiger partial charge on any atom is -0.353 e. The number of anilines is 3. The van der Waals surface area contributed by atoms with E-state index in [2.05, 4.69) is 11.0 Å². The molecule has 4 heterocycles. The molecular formula is C25H27FN8O2S2. The van der Waals surface area contributed by atoms with E-state index in [1.165, 1.54) is 34.0 Å². The highest BCUT2D eigenvalue weighted by Crippen LogP contribution is 2.37. The van der Waals surface area contributed by atoms with Gasteiger partial charge in [-0.1, -0.05) is 18.3 Å². The third-order valence-electron chi connectivity index (χ3n) is 6.61. The summed E-state index contributed by atoms with van der Waals surface area (Å²) in [5.41, 5.74) is 3.66. The van der Waals surface area contributed by atoms with Gasteiger partial charge in [-0.25, -0.2) is 22.8 Å². The van der Waals surface area contributed by atoms with E-state index in [-0.39, 0.29) is 5.82 Å². The van der Waals surface area contributed by atoms with Crippen LogP contribution in [0.2, 0.25) is 0 Å². The average Bonchev–Trinajstić information content (AvgIpc) is 3.50. The zero-order valence-corrected chi connectivity index (χ0v) is 23.1. The molecule has 38 heavy (non-hydrogen) atoms. The smallest absolute Gasteiger partial charge is 0.211 e. The molecule has 13 heteroatoms. The van der Waals surface area contributed by atoms with Crippen molar-refractivity contribution in [1.82, 2.24) is 23.9 Å². The molecule has 0 saturated carbocycles. The van der Waals surface area contributed by atoms with Crippen molar-refractivity contribution in [3.05, 3.63) is 52.3 Å². The van der Waals surface area contributed by atoms with Crippen molar-refractivity contribution < 1.29 is 12.8 Å². The Bertz CT molecular complexity index is 1650. The highest BCUT2D eigenvalue weighted by Gasteiger charge is 2.27. The second-order valence-corrected chi connectivity index (χ2v) is 12.1. The quantitative estimate of drug-likeness (QED) is 0.356. The molecule has 4 aromatic rings. The molecule has 0 N–H and O–H groups in total. The van der Waals surface area contributed by atoms with Gasteiger partial charge >= 0.3 is 0 Å². The summed E-state index contributed by atoms with van der Waals surface area (Å²) >= 11 is 1.25. The zero-order valence-electron chi connectivity index (χ0n) is 21.5. The van der Waals surface area contributed by atoms with E-state index in [1.54, 1.807) is 16.6 Å². The first-order valence-electron chi connectivity index (χ1n) is 12.1. The highest BCUT2D eigenvalue weighted by atomic mass is 32.2. The van der Waals surface area contributed by atoms with Crippen molar-refractivity contribution in [2.45, 2.75) is 20.3 Å². The largest absolute Gasteiger partial charge is 0.353 e. The Balaban J connectivity index is 1.55. The standard InChI is InChI=1S/C25H27FN8O2S2/c1-5-19-24(31(3)25-29-22(20(15-27)37-25)17-6-8-18(26)9-7-17)34-23(28-19)16(2)14-21(30-34)32-10-12-33(13-11-32)38(4,35)36/h6-9,14H,5,10-13H2,1-4H3. The van der Waals surface area contributed by atoms with Gasteiger partial charge in [-0.05, 0) is 49.2 Å². The van der Waals surface area contributed by atoms with Crippen LogP contribution in [0, 0.1) is 24.1 Å². The van der Waals surface area contributed by atoms with E-state index in [0.717, 1.165) is 28.5 Å². The van der Waals surface area contributed by atoms with Gasteiger partial charge in [-0.15, -0.1) is 5.10 Å². The van der Waals surface area contributed by atoms with Gasteiger partial charge in [-0.2, -0.15) is 14.1 Å². The molecule has 0 amide bonds. The summed E-state index contributed by atoms with van der Waals surface area (Å²) in [5.74, 6) is 1.13. The second kappa shape index (κ2) is 9.94. The molecule has 1 aliphatic rings. The van der Waals surface area contributed by atoms with Crippen LogP contribution in [0.3, 0.4) is 0 Å². The minimum absolute atomic E-state index is 0.354. The Morgan fingerprint density at radius 2 is 1.84 bits per heavy atom. The van der Waals surface area contributed by atoms with Gasteiger partial charge in [0.25, 0.3) is 0 Å². The number of aromatic nitrogens is 4. The van der Waals surface area contributed by atoms with Gasteiger partial charge in [0.05, 0.1) is 11.9 Å². The lowest BCUT2D eigenvalue weighted by molar-refractivity contribution is 0.386. The van der Waals surface area contributed by atoms with Gasteiger partial charge < -0.3 is 9.80 Å². The number of thiazole rings is 1. The monoisotopic (exact) mass is 554 g/mol. The summed E-state index contributed by atoms with van der Waals surface area (Å²) in [6.45, 7) is 5.86. The van der Waals surface area contributed by atoms with Crippen molar-refractivity contribution in [2.24, 2.45) is 0 Å². The maximum Gasteiger partial charge on any atom is 0.211 e. The number of hydrogen-bond donors (Lipinski definition) is 0. The molecule has 1 aliphatic heterocycles. The summed E-state index contributed by atoms with van der Waals surface area (Å²) in [6, 6.07) is 10.1. The van der Waals surface area contributed by atoms with Crippen LogP contribution in [0.1, 0.15) is 23.1 Å². The Labute approximate surface area is 224 Å². The van der Waals surface area contributed by atoms with Gasteiger partial charge in [0.2, 0.25) is 10.0 Å². The highest BCUT2D eigenvalue weighted by molar-refractivity contribution is 7.88. The number of fused-ring (bicyclic) bond motifs is 1. The number of nitrogens with zero attached hydrogens (tertiary/aromatic N) is 8. The number of sulfonamides is 1. The Kier molecular flexibility index (Phi) is 6.81. The lowest BCUT2D eigenvalue weighted by Crippen LogP contribution is -2.48. The van der Waals surface area contributed by atoms with E-state index in [4.69, 9.17) is 15.1 Å². The first-order valence-corrected chi connectivity index (χ1v) is 14.8. The van der Waals surface area contributed by atoms with Crippen LogP contribution in [0.5, 0.6) is 0 Å². The van der Waals surface area contributed by atoms with Crippen LogP contribution in [0.15, 0.2) is 30.3 Å². The molecule has 1 saturated heterocycles. The molecule has 0 aliphatic carbocycles. The Morgan fingerprint density at radius 1 is 1.16 bits per heavy atom. The van der Waals surface area contributed by atoms with Crippen LogP contribution < -0.4 is 9.80 Å². The molecule has 198 valence electrons. The molecule has 0 spiro atoms. The topological polar surface area (TPSA) is 111 Å². The molecular weight excluding hydrogens is 527 g/mol. The molecule has 0 bridgehead atoms. The fourth-order valence-electron chi connectivity index (χ4n) is 4.59. The number of benzene rings is 1. The molecule has 3 aromatic heterocycles. The number of piperazine rings is 1. The number of rotatable bonds is 6. The van der Waals surface area contributed by atoms with E-state index >= 15 is 0 Å². The number of halogens is 1. The summed E-state index contributed by atoms with van der Waals surface area (Å²) in [5, 5.41) is 15.3. The summed E-state index contributed by atoms with van der Waals surface area (Å²) < 4.78 is 40.6. The van der Waals surface area contributed by atoms with Crippen molar-refractivity contribution >= 4 is 43.8 Å². The maximum atomic E-state index is 13.5. The lowest BCUT2D eigenvalue weighted by atomic mass is 10.1. The van der Waals surface area contributed by atoms with Crippen molar-refractivity contribution in [3.8, 4) is 17.3 Å². The van der Waals surface area contributed by atoms with Gasteiger partial charge in [0.15, 0.2) is 16.6 Å². The second-order valence-electron chi connectivity index (χ2n) is 9.16. The fourth-order valence-corrected chi connectivity index (χ4v) is 6.26. The van der Waals surface area contributed by atoms with Gasteiger partial charge in [0, 0.05) is 38.8 Å². The molecule has 1 aromatic carbocycles. The fraction of sp³-hybridized carbons (Fsp3) is 0.360. The lowest BCUT2D eigenvalue weighted by Gasteiger charge is -2.34. The van der Waals surface area contributed by atoms with Gasteiger partial charge in [0.1, 0.15) is 28.3 Å². The minimum atomic E-state index is -3.23. The molecule has 0 radical (unpaired) electrons. The number of hydrogen-bond acceptors (Lipinski definition) is 9. The molecule has 5 rings (SSSR count). The maximum absolute atomic E-state index is 13.5. The summed E-state index contributed by atoms with van der Waals surface area (Å²) in [4.78, 5) is 14.0. The third-order valence-corrected chi connectivity index (χ3v) is 8.95. The van der Waals surface area contributed by atoms with E-state index in [1.807, 2.05) is 31.9 Å². The SMILES string of the molecule is CCc1nc2c(C)cc(N3CCN(S(C)(=O)=O)CC3)nn2c1N(C)c1nc(-c2ccc(F)cc2)c(C#N)s1. The van der Waals surface area contributed by atoms with Crippen LogP contribution in [0.4, 0.5) is 21.2 Å². The normalized spacial score (nSPS) is 14.7. The number of aryl methyl sites for hydroxylation is 2. The molecule has 0 unspecified atom stereocenters. The van der Waals surface area contributed by atoms with Gasteiger partial charge in [-0.3, -0.25) is 0 Å². The average molecular weight is 555 g/mol. The van der Waals surface area contributed by atoms with E-state index in [0.29, 0.717) is 53.9 Å². The molecule has 10 nitrogen and oxygen atoms in total. The predicted octanol–water partition coefficient (Wildman–Crippen LogP) is 3.58. The van der Waals surface area contributed by atoms with Crippen molar-refractivity contribution in [1.29, 1.82) is 5.26 Å². The first-order chi connectivity index (χ1) is 18.1. The summed E-state index contributed by atoms with van der Waals surface area (Å²) in [6.07, 6.45) is 1.89. The van der Waals surface area contributed by atoms with Crippen LogP contribution >= 0.6 is 11.3 Å². The van der Waals surface area contributed by atoms with E-state index < -0.39 is 10.0 Å². The van der Waals surface area contributed by atoms with E-state index in [9.17, 15) is 18.1 Å². The molecule has 0 atom stereocenters. The Hall–Kier alpha value is -3.60. The first kappa shape index (κ1) is 26.0. The Morgan fingerprint density at radius 3 is 2.45 bits per heavy atom. The van der Waals surface area contributed by atoms with Crippen molar-refractivity contribution in [3.63, 3.8) is 0 Å². The van der Waals surface area contributed by atoms with Crippen LogP contribution in [-0.2, 0) is 16.4 Å². The zero-order chi connectivity index (χ0) is 27.2. The van der Waals surface area contributed by atoms with Crippen molar-refractivity contribution in [2.75, 3.05) is 49.3 Å². The number of nitriles is 1. The molecule has 1 fully saturated rings. The predicted molar refractivity (Wildman–Crippen MR) is 146 cm³/mol. The number of imidazole rings is 1.